The van der Waals surface area contributed by atoms with E-state index in [1.54, 1.807) is 0 Å². The van der Waals surface area contributed by atoms with E-state index in [0.29, 0.717) is 6.54 Å². The van der Waals surface area contributed by atoms with Gasteiger partial charge in [-0.05, 0) is 31.6 Å². The maximum absolute atomic E-state index is 13.4. The standard InChI is InChI=1S/C13H16F3N3O/c14-9-2-3-10(13(16)12(9)15)18-11(20)8-19-6-1-4-17-5-7-19/h2-3,17H,1,4-8H2,(H,18,20). The molecule has 7 heteroatoms. The van der Waals surface area contributed by atoms with Crippen molar-refractivity contribution >= 4 is 11.6 Å². The van der Waals surface area contributed by atoms with Gasteiger partial charge in [-0.2, -0.15) is 0 Å². The molecule has 1 amide bonds. The summed E-state index contributed by atoms with van der Waals surface area (Å²) in [7, 11) is 0. The van der Waals surface area contributed by atoms with E-state index < -0.39 is 23.4 Å². The second-order valence-electron chi connectivity index (χ2n) is 4.65. The molecule has 2 rings (SSSR count). The molecule has 0 saturated carbocycles. The van der Waals surface area contributed by atoms with Gasteiger partial charge in [0.2, 0.25) is 5.91 Å². The Labute approximate surface area is 114 Å². The first kappa shape index (κ1) is 14.8. The van der Waals surface area contributed by atoms with Crippen molar-refractivity contribution < 1.29 is 18.0 Å². The molecule has 1 saturated heterocycles. The molecular weight excluding hydrogens is 271 g/mol. The minimum Gasteiger partial charge on any atom is -0.322 e. The van der Waals surface area contributed by atoms with Gasteiger partial charge in [-0.3, -0.25) is 9.69 Å². The number of anilines is 1. The van der Waals surface area contributed by atoms with Gasteiger partial charge in [-0.1, -0.05) is 0 Å². The zero-order chi connectivity index (χ0) is 14.5. The summed E-state index contributed by atoms with van der Waals surface area (Å²) in [6, 6.07) is 1.79. The van der Waals surface area contributed by atoms with E-state index >= 15 is 0 Å². The zero-order valence-electron chi connectivity index (χ0n) is 10.9. The van der Waals surface area contributed by atoms with Crippen molar-refractivity contribution in [2.45, 2.75) is 6.42 Å². The Kier molecular flexibility index (Phi) is 4.97. The number of hydrogen-bond acceptors (Lipinski definition) is 3. The molecule has 0 spiro atoms. The Hall–Kier alpha value is -1.60. The van der Waals surface area contributed by atoms with Crippen LogP contribution in [0.3, 0.4) is 0 Å². The number of amides is 1. The third-order valence-electron chi connectivity index (χ3n) is 3.11. The number of rotatable bonds is 3. The average Bonchev–Trinajstić information content (AvgIpc) is 2.68. The van der Waals surface area contributed by atoms with Crippen LogP contribution in [0.1, 0.15) is 6.42 Å². The summed E-state index contributed by atoms with van der Waals surface area (Å²) < 4.78 is 39.2. The number of nitrogens with one attached hydrogen (secondary N) is 2. The van der Waals surface area contributed by atoms with Crippen molar-refractivity contribution in [3.8, 4) is 0 Å². The van der Waals surface area contributed by atoms with Crippen molar-refractivity contribution in [2.75, 3.05) is 38.0 Å². The van der Waals surface area contributed by atoms with E-state index in [9.17, 15) is 18.0 Å². The van der Waals surface area contributed by atoms with Crippen LogP contribution in [-0.4, -0.2) is 43.5 Å². The van der Waals surface area contributed by atoms with E-state index in [1.165, 1.54) is 0 Å². The van der Waals surface area contributed by atoms with Gasteiger partial charge in [0.1, 0.15) is 0 Å². The molecule has 0 radical (unpaired) electrons. The number of benzene rings is 1. The molecule has 2 N–H and O–H groups in total. The predicted octanol–water partition coefficient (Wildman–Crippen LogP) is 1.34. The van der Waals surface area contributed by atoms with Crippen LogP contribution in [0.5, 0.6) is 0 Å². The lowest BCUT2D eigenvalue weighted by Crippen LogP contribution is -2.35. The highest BCUT2D eigenvalue weighted by atomic mass is 19.2. The minimum absolute atomic E-state index is 0.0973. The van der Waals surface area contributed by atoms with E-state index in [1.807, 2.05) is 4.90 Å². The van der Waals surface area contributed by atoms with Crippen LogP contribution in [0.25, 0.3) is 0 Å². The van der Waals surface area contributed by atoms with Crippen LogP contribution in [-0.2, 0) is 4.79 Å². The van der Waals surface area contributed by atoms with E-state index in [2.05, 4.69) is 10.6 Å². The number of hydrogen-bond donors (Lipinski definition) is 2. The molecule has 1 fully saturated rings. The van der Waals surface area contributed by atoms with Crippen LogP contribution < -0.4 is 10.6 Å². The lowest BCUT2D eigenvalue weighted by atomic mass is 10.2. The summed E-state index contributed by atoms with van der Waals surface area (Å²) in [4.78, 5) is 13.7. The van der Waals surface area contributed by atoms with Gasteiger partial charge in [0, 0.05) is 13.1 Å². The minimum atomic E-state index is -1.58. The van der Waals surface area contributed by atoms with Gasteiger partial charge in [0.15, 0.2) is 17.5 Å². The third-order valence-corrected chi connectivity index (χ3v) is 3.11. The van der Waals surface area contributed by atoms with Crippen molar-refractivity contribution in [3.05, 3.63) is 29.6 Å². The van der Waals surface area contributed by atoms with Crippen LogP contribution >= 0.6 is 0 Å². The molecular formula is C13H16F3N3O. The molecule has 110 valence electrons. The fourth-order valence-electron chi connectivity index (χ4n) is 2.08. The molecule has 1 aromatic rings. The first-order chi connectivity index (χ1) is 9.58. The summed E-state index contributed by atoms with van der Waals surface area (Å²) in [6.07, 6.45) is 0.923. The lowest BCUT2D eigenvalue weighted by molar-refractivity contribution is -0.117. The molecule has 1 heterocycles. The van der Waals surface area contributed by atoms with Crippen molar-refractivity contribution in [1.29, 1.82) is 0 Å². The van der Waals surface area contributed by atoms with Gasteiger partial charge in [-0.25, -0.2) is 13.2 Å². The second kappa shape index (κ2) is 6.71. The molecule has 1 aliphatic rings. The van der Waals surface area contributed by atoms with Crippen molar-refractivity contribution in [3.63, 3.8) is 0 Å². The monoisotopic (exact) mass is 287 g/mol. The Morgan fingerprint density at radius 2 is 2.00 bits per heavy atom. The van der Waals surface area contributed by atoms with Gasteiger partial charge >= 0.3 is 0 Å². The van der Waals surface area contributed by atoms with E-state index in [-0.39, 0.29) is 12.2 Å². The van der Waals surface area contributed by atoms with Gasteiger partial charge in [0.25, 0.3) is 0 Å². The highest BCUT2D eigenvalue weighted by molar-refractivity contribution is 5.92. The SMILES string of the molecule is O=C(CN1CCCNCC1)Nc1ccc(F)c(F)c1F. The summed E-state index contributed by atoms with van der Waals surface area (Å²) >= 11 is 0. The first-order valence-electron chi connectivity index (χ1n) is 6.44. The van der Waals surface area contributed by atoms with Crippen LogP contribution in [0.15, 0.2) is 12.1 Å². The normalized spacial score (nSPS) is 16.8. The average molecular weight is 287 g/mol. The number of halogens is 3. The highest BCUT2D eigenvalue weighted by Crippen LogP contribution is 2.19. The Balaban J connectivity index is 1.95. The molecule has 4 nitrogen and oxygen atoms in total. The molecule has 0 aromatic heterocycles. The summed E-state index contributed by atoms with van der Waals surface area (Å²) in [5.74, 6) is -4.69. The summed E-state index contributed by atoms with van der Waals surface area (Å²) in [5.41, 5.74) is -0.346. The van der Waals surface area contributed by atoms with Crippen molar-refractivity contribution in [1.82, 2.24) is 10.2 Å². The van der Waals surface area contributed by atoms with Crippen LogP contribution in [0, 0.1) is 17.5 Å². The molecule has 1 aromatic carbocycles. The first-order valence-corrected chi connectivity index (χ1v) is 6.44. The smallest absolute Gasteiger partial charge is 0.238 e. The Bertz CT molecular complexity index is 488. The molecule has 1 aliphatic heterocycles. The zero-order valence-corrected chi connectivity index (χ0v) is 10.9. The largest absolute Gasteiger partial charge is 0.322 e. The Morgan fingerprint density at radius 1 is 1.20 bits per heavy atom. The van der Waals surface area contributed by atoms with Gasteiger partial charge < -0.3 is 10.6 Å². The molecule has 20 heavy (non-hydrogen) atoms. The number of carbonyl (C=O) groups excluding carboxylic acids is 1. The molecule has 0 aliphatic carbocycles. The molecule has 0 atom stereocenters. The van der Waals surface area contributed by atoms with Crippen molar-refractivity contribution in [2.24, 2.45) is 0 Å². The lowest BCUT2D eigenvalue weighted by Gasteiger charge is -2.18. The highest BCUT2D eigenvalue weighted by Gasteiger charge is 2.17. The van der Waals surface area contributed by atoms with Gasteiger partial charge in [-0.15, -0.1) is 0 Å². The quantitative estimate of drug-likeness (QED) is 0.825. The fraction of sp³-hybridized carbons (Fsp3) is 0.462. The fourth-order valence-corrected chi connectivity index (χ4v) is 2.08. The van der Waals surface area contributed by atoms with Crippen LogP contribution in [0.4, 0.5) is 18.9 Å². The summed E-state index contributed by atoms with van der Waals surface area (Å²) in [6.45, 7) is 3.26. The van der Waals surface area contributed by atoms with Crippen LogP contribution in [0.2, 0.25) is 0 Å². The van der Waals surface area contributed by atoms with Gasteiger partial charge in [0.05, 0.1) is 12.2 Å². The number of nitrogens with zero attached hydrogens (tertiary/aromatic N) is 1. The third kappa shape index (κ3) is 3.71. The topological polar surface area (TPSA) is 44.4 Å². The van der Waals surface area contributed by atoms with E-state index in [4.69, 9.17) is 0 Å². The van der Waals surface area contributed by atoms with E-state index in [0.717, 1.165) is 38.2 Å². The number of carbonyl (C=O) groups is 1. The second-order valence-corrected chi connectivity index (χ2v) is 4.65. The summed E-state index contributed by atoms with van der Waals surface area (Å²) in [5, 5.41) is 5.46. The maximum atomic E-state index is 13.4. The molecule has 0 unspecified atom stereocenters. The predicted molar refractivity (Wildman–Crippen MR) is 68.9 cm³/mol. The Morgan fingerprint density at radius 3 is 2.80 bits per heavy atom. The maximum Gasteiger partial charge on any atom is 0.238 e. The molecule has 0 bridgehead atoms.